The minimum Gasteiger partial charge on any atom is -0.480 e. The smallest absolute Gasteiger partial charge is 0.320 e. The normalized spacial score (nSPS) is 32.1. The van der Waals surface area contributed by atoms with Gasteiger partial charge >= 0.3 is 5.97 Å². The molecule has 1 aromatic carbocycles. The second-order valence-corrected chi connectivity index (χ2v) is 7.35. The van der Waals surface area contributed by atoms with E-state index in [0.29, 0.717) is 30.5 Å². The number of allylic oxidation sites excluding steroid dienone is 1. The highest BCUT2D eigenvalue weighted by Gasteiger charge is 2.50. The highest BCUT2D eigenvalue weighted by atomic mass is 16.4. The Kier molecular flexibility index (Phi) is 3.84. The highest BCUT2D eigenvalue weighted by Crippen LogP contribution is 2.42. The predicted octanol–water partition coefficient (Wildman–Crippen LogP) is 2.57. The van der Waals surface area contributed by atoms with Crippen molar-refractivity contribution in [1.82, 2.24) is 4.90 Å². The summed E-state index contributed by atoms with van der Waals surface area (Å²) in [5, 5.41) is 9.54. The van der Waals surface area contributed by atoms with Crippen LogP contribution in [0.2, 0.25) is 0 Å². The molecule has 0 spiro atoms. The van der Waals surface area contributed by atoms with Gasteiger partial charge in [0.2, 0.25) is 0 Å². The summed E-state index contributed by atoms with van der Waals surface area (Å²) in [6.45, 7) is 2.62. The van der Waals surface area contributed by atoms with Crippen LogP contribution in [0, 0.1) is 11.8 Å². The molecular weight excluding hydrogens is 318 g/mol. The molecule has 3 aliphatic rings. The average Bonchev–Trinajstić information content (AvgIpc) is 3.09. The number of carbonyl (C=O) groups is 3. The third-order valence-corrected chi connectivity index (χ3v) is 5.86. The summed E-state index contributed by atoms with van der Waals surface area (Å²) in [6.07, 6.45) is 3.98. The van der Waals surface area contributed by atoms with Crippen molar-refractivity contribution in [2.24, 2.45) is 11.8 Å². The van der Waals surface area contributed by atoms with E-state index in [2.05, 4.69) is 0 Å². The summed E-state index contributed by atoms with van der Waals surface area (Å²) in [5.41, 5.74) is 2.05. The SMILES string of the molecule is CC1=CC(N2CCC[C@H]2C(=O)O)C2C(=O)c3ccccc3C(=O)C2C1. The van der Waals surface area contributed by atoms with E-state index in [1.807, 2.05) is 17.9 Å². The van der Waals surface area contributed by atoms with Crippen LogP contribution in [0.5, 0.6) is 0 Å². The minimum atomic E-state index is -0.847. The summed E-state index contributed by atoms with van der Waals surface area (Å²) in [4.78, 5) is 39.7. The first-order valence-electron chi connectivity index (χ1n) is 8.82. The molecule has 0 saturated carbocycles. The molecule has 1 heterocycles. The molecule has 2 aliphatic carbocycles. The van der Waals surface area contributed by atoms with Crippen LogP contribution in [-0.2, 0) is 4.79 Å². The fourth-order valence-corrected chi connectivity index (χ4v) is 4.77. The Balaban J connectivity index is 1.79. The Morgan fingerprint density at radius 1 is 1.16 bits per heavy atom. The number of benzene rings is 1. The molecule has 0 bridgehead atoms. The number of carboxylic acid groups (broad SMARTS) is 1. The van der Waals surface area contributed by atoms with Crippen LogP contribution in [0.15, 0.2) is 35.9 Å². The molecule has 1 saturated heterocycles. The van der Waals surface area contributed by atoms with Crippen LogP contribution < -0.4 is 0 Å². The van der Waals surface area contributed by atoms with E-state index in [1.54, 1.807) is 24.3 Å². The van der Waals surface area contributed by atoms with Crippen molar-refractivity contribution in [1.29, 1.82) is 0 Å². The lowest BCUT2D eigenvalue weighted by atomic mass is 9.65. The van der Waals surface area contributed by atoms with Crippen LogP contribution in [0.25, 0.3) is 0 Å². The van der Waals surface area contributed by atoms with Crippen molar-refractivity contribution >= 4 is 17.5 Å². The number of carbonyl (C=O) groups excluding carboxylic acids is 2. The quantitative estimate of drug-likeness (QED) is 0.838. The van der Waals surface area contributed by atoms with Gasteiger partial charge in [-0.1, -0.05) is 35.9 Å². The molecule has 3 unspecified atom stereocenters. The molecule has 0 aromatic heterocycles. The molecule has 5 nitrogen and oxygen atoms in total. The van der Waals surface area contributed by atoms with Crippen LogP contribution in [0.4, 0.5) is 0 Å². The summed E-state index contributed by atoms with van der Waals surface area (Å²) >= 11 is 0. The van der Waals surface area contributed by atoms with Gasteiger partial charge in [0.1, 0.15) is 6.04 Å². The van der Waals surface area contributed by atoms with Crippen LogP contribution in [0.1, 0.15) is 46.9 Å². The second-order valence-electron chi connectivity index (χ2n) is 7.35. The van der Waals surface area contributed by atoms with Gasteiger partial charge in [-0.05, 0) is 32.7 Å². The number of carboxylic acids is 1. The zero-order valence-corrected chi connectivity index (χ0v) is 14.1. The molecule has 5 heteroatoms. The lowest BCUT2D eigenvalue weighted by molar-refractivity contribution is -0.143. The summed E-state index contributed by atoms with van der Waals surface area (Å²) in [6, 6.07) is 6.12. The molecular formula is C20H21NO4. The molecule has 4 atom stereocenters. The standard InChI is InChI=1S/C20H21NO4/c1-11-9-14-17(16(10-11)21-8-4-7-15(21)20(24)25)19(23)13-6-3-2-5-12(13)18(14)22/h2-3,5-6,10,14-17H,4,7-9H2,1H3,(H,24,25)/t14?,15-,16?,17?/m0/s1. The monoisotopic (exact) mass is 339 g/mol. The largest absolute Gasteiger partial charge is 0.480 e. The van der Waals surface area contributed by atoms with E-state index in [0.717, 1.165) is 12.0 Å². The predicted molar refractivity (Wildman–Crippen MR) is 91.6 cm³/mol. The molecule has 0 radical (unpaired) electrons. The van der Waals surface area contributed by atoms with Crippen LogP contribution in [-0.4, -0.2) is 46.2 Å². The zero-order valence-electron chi connectivity index (χ0n) is 14.1. The number of rotatable bonds is 2. The van der Waals surface area contributed by atoms with E-state index in [4.69, 9.17) is 0 Å². The minimum absolute atomic E-state index is 0.0173. The van der Waals surface area contributed by atoms with Crippen molar-refractivity contribution in [3.8, 4) is 0 Å². The number of likely N-dealkylation sites (tertiary alicyclic amines) is 1. The summed E-state index contributed by atoms with van der Waals surface area (Å²) in [5.74, 6) is -1.71. The summed E-state index contributed by atoms with van der Waals surface area (Å²) in [7, 11) is 0. The third-order valence-electron chi connectivity index (χ3n) is 5.86. The van der Waals surface area contributed by atoms with Crippen molar-refractivity contribution in [3.63, 3.8) is 0 Å². The maximum atomic E-state index is 13.2. The van der Waals surface area contributed by atoms with Gasteiger partial charge in [-0.25, -0.2) is 0 Å². The van der Waals surface area contributed by atoms with Crippen LogP contribution >= 0.6 is 0 Å². The lowest BCUT2D eigenvalue weighted by Crippen LogP contribution is -2.54. The number of Topliss-reactive ketones (excluding diaryl/α,β-unsaturated/α-hetero) is 2. The van der Waals surface area contributed by atoms with E-state index in [1.165, 1.54) is 0 Å². The van der Waals surface area contributed by atoms with Crippen molar-refractivity contribution in [2.75, 3.05) is 6.54 Å². The molecule has 0 amide bonds. The van der Waals surface area contributed by atoms with Crippen molar-refractivity contribution < 1.29 is 19.5 Å². The fourth-order valence-electron chi connectivity index (χ4n) is 4.77. The Labute approximate surface area is 146 Å². The van der Waals surface area contributed by atoms with Gasteiger partial charge in [0, 0.05) is 23.1 Å². The highest BCUT2D eigenvalue weighted by molar-refractivity contribution is 6.16. The topological polar surface area (TPSA) is 74.7 Å². The van der Waals surface area contributed by atoms with E-state index < -0.39 is 17.9 Å². The van der Waals surface area contributed by atoms with Gasteiger partial charge < -0.3 is 5.11 Å². The Morgan fingerprint density at radius 2 is 1.84 bits per heavy atom. The first-order valence-corrected chi connectivity index (χ1v) is 8.82. The maximum absolute atomic E-state index is 13.2. The zero-order chi connectivity index (χ0) is 17.7. The van der Waals surface area contributed by atoms with Gasteiger partial charge in [-0.2, -0.15) is 0 Å². The van der Waals surface area contributed by atoms with Gasteiger partial charge in [-0.3, -0.25) is 19.3 Å². The Morgan fingerprint density at radius 3 is 2.52 bits per heavy atom. The summed E-state index contributed by atoms with van der Waals surface area (Å²) < 4.78 is 0. The molecule has 1 aromatic rings. The lowest BCUT2D eigenvalue weighted by Gasteiger charge is -2.43. The number of fused-ring (bicyclic) bond motifs is 2. The number of ketones is 2. The van der Waals surface area contributed by atoms with Gasteiger partial charge in [0.15, 0.2) is 11.6 Å². The van der Waals surface area contributed by atoms with Crippen molar-refractivity contribution in [3.05, 3.63) is 47.0 Å². The maximum Gasteiger partial charge on any atom is 0.320 e. The van der Waals surface area contributed by atoms with E-state index in [-0.39, 0.29) is 23.5 Å². The van der Waals surface area contributed by atoms with Gasteiger partial charge in [0.05, 0.1) is 5.92 Å². The molecule has 25 heavy (non-hydrogen) atoms. The Hall–Kier alpha value is -2.27. The first kappa shape index (κ1) is 16.2. The molecule has 1 N–H and O–H groups in total. The second kappa shape index (κ2) is 5.92. The van der Waals surface area contributed by atoms with Gasteiger partial charge in [-0.15, -0.1) is 0 Å². The fraction of sp³-hybridized carbons (Fsp3) is 0.450. The molecule has 1 fully saturated rings. The number of hydrogen-bond acceptors (Lipinski definition) is 4. The van der Waals surface area contributed by atoms with E-state index in [9.17, 15) is 19.5 Å². The van der Waals surface area contributed by atoms with Gasteiger partial charge in [0.25, 0.3) is 0 Å². The number of hydrogen-bond donors (Lipinski definition) is 1. The number of nitrogens with zero attached hydrogens (tertiary/aromatic N) is 1. The van der Waals surface area contributed by atoms with Crippen molar-refractivity contribution in [2.45, 2.75) is 38.3 Å². The van der Waals surface area contributed by atoms with Crippen LogP contribution in [0.3, 0.4) is 0 Å². The number of aliphatic carboxylic acids is 1. The average molecular weight is 339 g/mol. The third kappa shape index (κ3) is 2.45. The molecule has 1 aliphatic heterocycles. The molecule has 130 valence electrons. The van der Waals surface area contributed by atoms with E-state index >= 15 is 0 Å². The Bertz CT molecular complexity index is 797. The first-order chi connectivity index (χ1) is 12.0. The molecule has 4 rings (SSSR count).